The van der Waals surface area contributed by atoms with Gasteiger partial charge in [0, 0.05) is 12.5 Å². The highest BCUT2D eigenvalue weighted by molar-refractivity contribution is 5.78. The summed E-state index contributed by atoms with van der Waals surface area (Å²) in [6, 6.07) is 10.5. The van der Waals surface area contributed by atoms with Crippen molar-refractivity contribution in [3.8, 4) is 0 Å². The topological polar surface area (TPSA) is 58.4 Å². The molecule has 4 heteroatoms. The van der Waals surface area contributed by atoms with Crippen molar-refractivity contribution in [3.05, 3.63) is 35.9 Å². The lowest BCUT2D eigenvalue weighted by atomic mass is 9.96. The number of rotatable bonds is 4. The smallest absolute Gasteiger partial charge is 0.237 e. The van der Waals surface area contributed by atoms with E-state index in [1.807, 2.05) is 6.07 Å². The number of hydrogen-bond acceptors (Lipinski definition) is 3. The van der Waals surface area contributed by atoms with E-state index >= 15 is 0 Å². The van der Waals surface area contributed by atoms with Gasteiger partial charge in [0.1, 0.15) is 0 Å². The molecule has 0 saturated carbocycles. The number of benzene rings is 1. The molecule has 1 aliphatic heterocycles. The van der Waals surface area contributed by atoms with Gasteiger partial charge in [-0.3, -0.25) is 10.2 Å². The number of hydrogen-bond donors (Lipinski definition) is 2. The zero-order valence-corrected chi connectivity index (χ0v) is 10.6. The molecular weight excluding hydrogens is 226 g/mol. The summed E-state index contributed by atoms with van der Waals surface area (Å²) in [7, 11) is 0. The van der Waals surface area contributed by atoms with Gasteiger partial charge in [-0.15, -0.1) is 0 Å². The minimum Gasteiger partial charge on any atom is -0.303 e. The van der Waals surface area contributed by atoms with E-state index in [1.54, 1.807) is 0 Å². The maximum absolute atomic E-state index is 11.4. The number of nitrogens with two attached hydrogens (primary N) is 1. The van der Waals surface area contributed by atoms with Crippen molar-refractivity contribution < 1.29 is 4.79 Å². The number of likely N-dealkylation sites (tertiary alicyclic amines) is 1. The second kappa shape index (κ2) is 6.52. The Labute approximate surface area is 108 Å². The molecule has 98 valence electrons. The zero-order valence-electron chi connectivity index (χ0n) is 10.6. The third-order valence-corrected chi connectivity index (χ3v) is 3.66. The summed E-state index contributed by atoms with van der Waals surface area (Å²) in [6.07, 6.45) is 2.91. The first-order valence-electron chi connectivity index (χ1n) is 6.56. The molecule has 0 aliphatic carbocycles. The quantitative estimate of drug-likeness (QED) is 0.473. The summed E-state index contributed by atoms with van der Waals surface area (Å²) in [6.45, 7) is 3.05. The molecular formula is C14H21N3O. The fourth-order valence-electron chi connectivity index (χ4n) is 2.47. The fourth-order valence-corrected chi connectivity index (χ4v) is 2.47. The van der Waals surface area contributed by atoms with Gasteiger partial charge in [0.2, 0.25) is 5.91 Å². The second-order valence-corrected chi connectivity index (χ2v) is 4.86. The van der Waals surface area contributed by atoms with E-state index in [-0.39, 0.29) is 11.8 Å². The Kier molecular flexibility index (Phi) is 4.73. The molecule has 2 rings (SSSR count). The van der Waals surface area contributed by atoms with Gasteiger partial charge in [-0.25, -0.2) is 5.84 Å². The highest BCUT2D eigenvalue weighted by Crippen LogP contribution is 2.17. The van der Waals surface area contributed by atoms with Gasteiger partial charge in [-0.1, -0.05) is 30.3 Å². The first kappa shape index (κ1) is 13.1. The molecule has 0 unspecified atom stereocenters. The Balaban J connectivity index is 1.72. The van der Waals surface area contributed by atoms with Crippen molar-refractivity contribution >= 4 is 5.91 Å². The van der Waals surface area contributed by atoms with E-state index in [0.717, 1.165) is 38.9 Å². The Morgan fingerprint density at radius 1 is 1.28 bits per heavy atom. The summed E-state index contributed by atoms with van der Waals surface area (Å²) in [5, 5.41) is 0. The maximum atomic E-state index is 11.4. The lowest BCUT2D eigenvalue weighted by molar-refractivity contribution is -0.126. The number of carbonyl (C=O) groups is 1. The largest absolute Gasteiger partial charge is 0.303 e. The predicted molar refractivity (Wildman–Crippen MR) is 71.6 cm³/mol. The van der Waals surface area contributed by atoms with Crippen molar-refractivity contribution in [2.45, 2.75) is 19.3 Å². The van der Waals surface area contributed by atoms with Gasteiger partial charge in [0.05, 0.1) is 0 Å². The van der Waals surface area contributed by atoms with Crippen LogP contribution >= 0.6 is 0 Å². The summed E-state index contributed by atoms with van der Waals surface area (Å²) in [5.74, 6) is 5.24. The Bertz CT molecular complexity index is 372. The van der Waals surface area contributed by atoms with Gasteiger partial charge in [-0.2, -0.15) is 0 Å². The molecule has 1 heterocycles. The van der Waals surface area contributed by atoms with E-state index in [1.165, 1.54) is 5.56 Å². The standard InChI is InChI=1S/C14H21N3O/c15-16-14(18)13-7-10-17(11-8-13)9-6-12-4-2-1-3-5-12/h1-5,13H,6-11,15H2,(H,16,18). The molecule has 1 fully saturated rings. The normalized spacial score (nSPS) is 17.6. The minimum atomic E-state index is -0.0160. The molecule has 0 atom stereocenters. The third-order valence-electron chi connectivity index (χ3n) is 3.66. The first-order chi connectivity index (χ1) is 8.79. The average molecular weight is 247 g/mol. The van der Waals surface area contributed by atoms with E-state index < -0.39 is 0 Å². The van der Waals surface area contributed by atoms with Crippen molar-refractivity contribution in [1.29, 1.82) is 0 Å². The number of amides is 1. The lowest BCUT2D eigenvalue weighted by Gasteiger charge is -2.30. The summed E-state index contributed by atoms with van der Waals surface area (Å²) < 4.78 is 0. The zero-order chi connectivity index (χ0) is 12.8. The van der Waals surface area contributed by atoms with Crippen molar-refractivity contribution in [2.24, 2.45) is 11.8 Å². The van der Waals surface area contributed by atoms with Crippen LogP contribution in [0, 0.1) is 5.92 Å². The van der Waals surface area contributed by atoms with Crippen LogP contribution in [0.25, 0.3) is 0 Å². The predicted octanol–water partition coefficient (Wildman–Crippen LogP) is 0.931. The molecule has 1 saturated heterocycles. The first-order valence-corrected chi connectivity index (χ1v) is 6.56. The van der Waals surface area contributed by atoms with Crippen LogP contribution in [0.5, 0.6) is 0 Å². The number of hydrazine groups is 1. The molecule has 1 aliphatic rings. The average Bonchev–Trinajstić information content (AvgIpc) is 2.46. The molecule has 4 nitrogen and oxygen atoms in total. The molecule has 1 aromatic rings. The van der Waals surface area contributed by atoms with Crippen molar-refractivity contribution in [2.75, 3.05) is 19.6 Å². The lowest BCUT2D eigenvalue weighted by Crippen LogP contribution is -2.43. The van der Waals surface area contributed by atoms with Crippen LogP contribution in [0.3, 0.4) is 0 Å². The van der Waals surface area contributed by atoms with Crippen LogP contribution in [-0.4, -0.2) is 30.4 Å². The van der Waals surface area contributed by atoms with Crippen LogP contribution in [-0.2, 0) is 11.2 Å². The second-order valence-electron chi connectivity index (χ2n) is 4.86. The number of nitrogens with one attached hydrogen (secondary N) is 1. The van der Waals surface area contributed by atoms with E-state index in [0.29, 0.717) is 0 Å². The minimum absolute atomic E-state index is 0.0160. The van der Waals surface area contributed by atoms with Gasteiger partial charge >= 0.3 is 0 Å². The van der Waals surface area contributed by atoms with E-state index in [4.69, 9.17) is 5.84 Å². The number of carbonyl (C=O) groups excluding carboxylic acids is 1. The van der Waals surface area contributed by atoms with Gasteiger partial charge < -0.3 is 4.90 Å². The van der Waals surface area contributed by atoms with Crippen LogP contribution in [0.15, 0.2) is 30.3 Å². The fraction of sp³-hybridized carbons (Fsp3) is 0.500. The van der Waals surface area contributed by atoms with Crippen LogP contribution in [0.1, 0.15) is 18.4 Å². The Morgan fingerprint density at radius 3 is 2.56 bits per heavy atom. The molecule has 0 bridgehead atoms. The SMILES string of the molecule is NNC(=O)C1CCN(CCc2ccccc2)CC1. The van der Waals surface area contributed by atoms with Crippen LogP contribution < -0.4 is 11.3 Å². The monoisotopic (exact) mass is 247 g/mol. The Morgan fingerprint density at radius 2 is 1.94 bits per heavy atom. The molecule has 3 N–H and O–H groups in total. The molecule has 0 radical (unpaired) electrons. The summed E-state index contributed by atoms with van der Waals surface area (Å²) in [5.41, 5.74) is 3.62. The number of nitrogens with zero attached hydrogens (tertiary/aromatic N) is 1. The molecule has 1 amide bonds. The summed E-state index contributed by atoms with van der Waals surface area (Å²) >= 11 is 0. The maximum Gasteiger partial charge on any atom is 0.237 e. The van der Waals surface area contributed by atoms with Crippen molar-refractivity contribution in [1.82, 2.24) is 10.3 Å². The van der Waals surface area contributed by atoms with Gasteiger partial charge in [0.25, 0.3) is 0 Å². The highest BCUT2D eigenvalue weighted by atomic mass is 16.2. The highest BCUT2D eigenvalue weighted by Gasteiger charge is 2.23. The van der Waals surface area contributed by atoms with Gasteiger partial charge in [0.15, 0.2) is 0 Å². The third kappa shape index (κ3) is 3.55. The van der Waals surface area contributed by atoms with E-state index in [9.17, 15) is 4.79 Å². The van der Waals surface area contributed by atoms with Gasteiger partial charge in [-0.05, 0) is 37.9 Å². The molecule has 0 aromatic heterocycles. The molecule has 18 heavy (non-hydrogen) atoms. The van der Waals surface area contributed by atoms with Crippen LogP contribution in [0.2, 0.25) is 0 Å². The van der Waals surface area contributed by atoms with Crippen LogP contribution in [0.4, 0.5) is 0 Å². The summed E-state index contributed by atoms with van der Waals surface area (Å²) in [4.78, 5) is 13.8. The molecule has 1 aromatic carbocycles. The molecule has 0 spiro atoms. The van der Waals surface area contributed by atoms with E-state index in [2.05, 4.69) is 34.6 Å². The number of piperidine rings is 1. The Hall–Kier alpha value is -1.39. The van der Waals surface area contributed by atoms with Crippen molar-refractivity contribution in [3.63, 3.8) is 0 Å².